The Morgan fingerprint density at radius 2 is 2.14 bits per heavy atom. The highest BCUT2D eigenvalue weighted by Crippen LogP contribution is 2.27. The lowest BCUT2D eigenvalue weighted by molar-refractivity contribution is -0.121. The van der Waals surface area contributed by atoms with Crippen molar-refractivity contribution < 1.29 is 9.53 Å². The molecular formula is C18H23ClO2. The van der Waals surface area contributed by atoms with Crippen molar-refractivity contribution in [3.63, 3.8) is 0 Å². The summed E-state index contributed by atoms with van der Waals surface area (Å²) in [6.07, 6.45) is 10.1. The Kier molecular flexibility index (Phi) is 6.47. The normalized spacial score (nSPS) is 20.3. The predicted octanol–water partition coefficient (Wildman–Crippen LogP) is 4.91. The van der Waals surface area contributed by atoms with Crippen molar-refractivity contribution in [1.82, 2.24) is 0 Å². The minimum atomic E-state index is 0.187. The molecule has 2 rings (SSSR count). The lowest BCUT2D eigenvalue weighted by atomic mass is 9.96. The fraction of sp³-hybridized carbons (Fsp3) is 0.500. The first-order valence-corrected chi connectivity index (χ1v) is 8.04. The van der Waals surface area contributed by atoms with Crippen LogP contribution in [0.1, 0.15) is 44.1 Å². The second-order valence-electron chi connectivity index (χ2n) is 5.68. The summed E-state index contributed by atoms with van der Waals surface area (Å²) in [5.41, 5.74) is 1.15. The molecule has 0 radical (unpaired) electrons. The Morgan fingerprint density at radius 3 is 2.76 bits per heavy atom. The number of ether oxygens (including phenoxy) is 1. The molecule has 114 valence electrons. The largest absolute Gasteiger partial charge is 0.381 e. The Bertz CT molecular complexity index is 478. The summed E-state index contributed by atoms with van der Waals surface area (Å²) >= 11 is 5.86. The van der Waals surface area contributed by atoms with Crippen LogP contribution in [0.3, 0.4) is 0 Å². The van der Waals surface area contributed by atoms with E-state index in [0.717, 1.165) is 49.1 Å². The van der Waals surface area contributed by atoms with Gasteiger partial charge in [-0.15, -0.1) is 0 Å². The first kappa shape index (κ1) is 16.3. The van der Waals surface area contributed by atoms with E-state index in [1.54, 1.807) is 7.11 Å². The molecule has 0 N–H and O–H groups in total. The van der Waals surface area contributed by atoms with Crippen LogP contribution in [0.2, 0.25) is 5.02 Å². The van der Waals surface area contributed by atoms with E-state index in [-0.39, 0.29) is 12.0 Å². The van der Waals surface area contributed by atoms with Crippen molar-refractivity contribution in [3.05, 3.63) is 40.9 Å². The number of ketones is 1. The van der Waals surface area contributed by atoms with Gasteiger partial charge in [-0.2, -0.15) is 0 Å². The van der Waals surface area contributed by atoms with Gasteiger partial charge in [0.05, 0.1) is 6.10 Å². The van der Waals surface area contributed by atoms with Crippen LogP contribution in [-0.4, -0.2) is 19.0 Å². The molecule has 0 bridgehead atoms. The Morgan fingerprint density at radius 1 is 1.38 bits per heavy atom. The Hall–Kier alpha value is -1.12. The van der Waals surface area contributed by atoms with E-state index in [9.17, 15) is 4.79 Å². The van der Waals surface area contributed by atoms with Crippen LogP contribution in [0.15, 0.2) is 30.3 Å². The third-order valence-corrected chi connectivity index (χ3v) is 4.40. The number of hydrogen-bond donors (Lipinski definition) is 0. The van der Waals surface area contributed by atoms with E-state index < -0.39 is 0 Å². The zero-order chi connectivity index (χ0) is 15.1. The monoisotopic (exact) mass is 306 g/mol. The predicted molar refractivity (Wildman–Crippen MR) is 87.5 cm³/mol. The zero-order valence-electron chi connectivity index (χ0n) is 12.6. The number of halogens is 1. The molecule has 1 aromatic rings. The van der Waals surface area contributed by atoms with Gasteiger partial charge in [-0.3, -0.25) is 4.79 Å². The summed E-state index contributed by atoms with van der Waals surface area (Å²) in [7, 11) is 1.74. The van der Waals surface area contributed by atoms with Crippen LogP contribution in [0.4, 0.5) is 0 Å². The SMILES string of the molecule is COC(CCC=Cc1ccc(Cl)cc1)CC1CCCC1=O. The molecule has 2 unspecified atom stereocenters. The molecule has 0 amide bonds. The molecule has 1 aliphatic rings. The number of methoxy groups -OCH3 is 1. The van der Waals surface area contributed by atoms with E-state index in [1.807, 2.05) is 24.3 Å². The van der Waals surface area contributed by atoms with Gasteiger partial charge in [0.2, 0.25) is 0 Å². The fourth-order valence-corrected chi connectivity index (χ4v) is 2.99. The van der Waals surface area contributed by atoms with Crippen molar-refractivity contribution in [1.29, 1.82) is 0 Å². The molecule has 0 spiro atoms. The number of benzene rings is 1. The molecular weight excluding hydrogens is 284 g/mol. The van der Waals surface area contributed by atoms with Crippen LogP contribution < -0.4 is 0 Å². The van der Waals surface area contributed by atoms with Crippen LogP contribution in [-0.2, 0) is 9.53 Å². The van der Waals surface area contributed by atoms with Crippen molar-refractivity contribution >= 4 is 23.5 Å². The summed E-state index contributed by atoms with van der Waals surface area (Å²) in [5.74, 6) is 0.656. The number of rotatable bonds is 7. The maximum absolute atomic E-state index is 11.7. The van der Waals surface area contributed by atoms with Gasteiger partial charge >= 0.3 is 0 Å². The lowest BCUT2D eigenvalue weighted by Crippen LogP contribution is -2.18. The van der Waals surface area contributed by atoms with E-state index in [0.29, 0.717) is 5.78 Å². The maximum atomic E-state index is 11.7. The average molecular weight is 307 g/mol. The molecule has 2 atom stereocenters. The molecule has 1 fully saturated rings. The molecule has 0 heterocycles. The van der Waals surface area contributed by atoms with E-state index in [4.69, 9.17) is 16.3 Å². The van der Waals surface area contributed by atoms with Crippen molar-refractivity contribution in [3.8, 4) is 0 Å². The van der Waals surface area contributed by atoms with E-state index in [2.05, 4.69) is 12.2 Å². The molecule has 1 aliphatic carbocycles. The zero-order valence-corrected chi connectivity index (χ0v) is 13.3. The van der Waals surface area contributed by atoms with Crippen molar-refractivity contribution in [2.24, 2.45) is 5.92 Å². The molecule has 0 saturated heterocycles. The van der Waals surface area contributed by atoms with Crippen molar-refractivity contribution in [2.45, 2.75) is 44.6 Å². The third-order valence-electron chi connectivity index (χ3n) is 4.15. The second-order valence-corrected chi connectivity index (χ2v) is 6.12. The molecule has 1 saturated carbocycles. The van der Waals surface area contributed by atoms with Gasteiger partial charge in [-0.05, 0) is 49.8 Å². The molecule has 1 aromatic carbocycles. The summed E-state index contributed by atoms with van der Waals surface area (Å²) < 4.78 is 5.53. The van der Waals surface area contributed by atoms with E-state index in [1.165, 1.54) is 0 Å². The standard InChI is InChI=1S/C18H23ClO2/c1-21-17(13-15-6-4-8-18(15)20)7-3-2-5-14-9-11-16(19)12-10-14/h2,5,9-12,15,17H,3-4,6-8,13H2,1H3. The number of hydrogen-bond acceptors (Lipinski definition) is 2. The van der Waals surface area contributed by atoms with Crippen LogP contribution in [0, 0.1) is 5.92 Å². The molecule has 0 aliphatic heterocycles. The molecule has 21 heavy (non-hydrogen) atoms. The summed E-state index contributed by atoms with van der Waals surface area (Å²) in [5, 5.41) is 0.757. The smallest absolute Gasteiger partial charge is 0.136 e. The van der Waals surface area contributed by atoms with Gasteiger partial charge in [-0.25, -0.2) is 0 Å². The quantitative estimate of drug-likeness (QED) is 0.715. The van der Waals surface area contributed by atoms with Crippen LogP contribution >= 0.6 is 11.6 Å². The Labute approximate surface area is 132 Å². The van der Waals surface area contributed by atoms with Crippen LogP contribution in [0.5, 0.6) is 0 Å². The highest BCUT2D eigenvalue weighted by Gasteiger charge is 2.26. The molecule has 3 heteroatoms. The van der Waals surface area contributed by atoms with Gasteiger partial charge < -0.3 is 4.74 Å². The fourth-order valence-electron chi connectivity index (χ4n) is 2.86. The molecule has 2 nitrogen and oxygen atoms in total. The van der Waals surface area contributed by atoms with Crippen molar-refractivity contribution in [2.75, 3.05) is 7.11 Å². The van der Waals surface area contributed by atoms with Gasteiger partial charge in [0.1, 0.15) is 5.78 Å². The average Bonchev–Trinajstić information content (AvgIpc) is 2.89. The first-order chi connectivity index (χ1) is 10.2. The second kappa shape index (κ2) is 8.35. The number of Topliss-reactive ketones (excluding diaryl/α,β-unsaturated/α-hetero) is 1. The van der Waals surface area contributed by atoms with Crippen LogP contribution in [0.25, 0.3) is 6.08 Å². The van der Waals surface area contributed by atoms with E-state index >= 15 is 0 Å². The van der Waals surface area contributed by atoms with Gasteiger partial charge in [-0.1, -0.05) is 35.9 Å². The summed E-state index contributed by atoms with van der Waals surface area (Å²) in [4.78, 5) is 11.7. The third kappa shape index (κ3) is 5.29. The number of allylic oxidation sites excluding steroid dienone is 1. The topological polar surface area (TPSA) is 26.3 Å². The minimum absolute atomic E-state index is 0.187. The number of carbonyl (C=O) groups is 1. The lowest BCUT2D eigenvalue weighted by Gasteiger charge is -2.17. The van der Waals surface area contributed by atoms with Gasteiger partial charge in [0.25, 0.3) is 0 Å². The van der Waals surface area contributed by atoms with Gasteiger partial charge in [0, 0.05) is 24.5 Å². The Balaban J connectivity index is 1.75. The summed E-state index contributed by atoms with van der Waals surface area (Å²) in [6.45, 7) is 0. The summed E-state index contributed by atoms with van der Waals surface area (Å²) in [6, 6.07) is 7.80. The molecule has 0 aromatic heterocycles. The highest BCUT2D eigenvalue weighted by molar-refractivity contribution is 6.30. The first-order valence-electron chi connectivity index (χ1n) is 7.66. The highest BCUT2D eigenvalue weighted by atomic mass is 35.5. The number of carbonyl (C=O) groups excluding carboxylic acids is 1. The minimum Gasteiger partial charge on any atom is -0.381 e. The van der Waals surface area contributed by atoms with Gasteiger partial charge in [0.15, 0.2) is 0 Å². The maximum Gasteiger partial charge on any atom is 0.136 e.